The van der Waals surface area contributed by atoms with Gasteiger partial charge in [0, 0.05) is 4.47 Å². The molecule has 4 aromatic rings. The lowest BCUT2D eigenvalue weighted by Crippen LogP contribution is -1.82. The standard InChI is InChI=1S/C14H11NO.C8H10.C7H4BrN/c1-15-13-7-3-11(4-8-13)12-5-9-14(16-2)10-6-12;1-7-3-5-8(2)6-4-7;1-9-7-4-2-6(8)3-5-7/h3-10H,2H3;3-6H,1-2H3;2-5H. The summed E-state index contributed by atoms with van der Waals surface area (Å²) in [6.07, 6.45) is 0. The lowest BCUT2D eigenvalue weighted by Gasteiger charge is -2.03. The molecule has 0 amide bonds. The molecule has 0 fully saturated rings. The van der Waals surface area contributed by atoms with Crippen LogP contribution >= 0.6 is 15.9 Å². The Labute approximate surface area is 205 Å². The van der Waals surface area contributed by atoms with Crippen molar-refractivity contribution in [2.24, 2.45) is 0 Å². The number of ether oxygens (including phenoxy) is 1. The van der Waals surface area contributed by atoms with Gasteiger partial charge < -0.3 is 4.74 Å². The highest BCUT2D eigenvalue weighted by Gasteiger charge is 1.98. The summed E-state index contributed by atoms with van der Waals surface area (Å²) in [5, 5.41) is 0. The zero-order valence-corrected chi connectivity index (χ0v) is 20.5. The van der Waals surface area contributed by atoms with Crippen LogP contribution in [-0.2, 0) is 0 Å². The van der Waals surface area contributed by atoms with Crippen molar-refractivity contribution in [2.45, 2.75) is 13.8 Å². The van der Waals surface area contributed by atoms with E-state index in [1.165, 1.54) is 11.1 Å². The molecule has 0 spiro atoms. The number of aryl methyl sites for hydroxylation is 2. The van der Waals surface area contributed by atoms with Crippen LogP contribution in [0.4, 0.5) is 11.4 Å². The first kappa shape index (κ1) is 25.4. The number of hydrogen-bond donors (Lipinski definition) is 0. The molecule has 0 aliphatic rings. The van der Waals surface area contributed by atoms with Gasteiger partial charge in [-0.15, -0.1) is 0 Å². The van der Waals surface area contributed by atoms with Crippen LogP contribution in [-0.4, -0.2) is 7.11 Å². The number of rotatable bonds is 2. The first-order valence-corrected chi connectivity index (χ1v) is 11.0. The maximum Gasteiger partial charge on any atom is 0.187 e. The molecule has 33 heavy (non-hydrogen) atoms. The molecule has 0 atom stereocenters. The molecule has 0 unspecified atom stereocenters. The molecule has 0 bridgehead atoms. The van der Waals surface area contributed by atoms with E-state index in [0.717, 1.165) is 21.3 Å². The molecular formula is C29H25BrN2O. The SMILES string of the molecule is Cc1ccc(C)cc1.[C-]#[N+]c1ccc(-c2ccc(OC)cc2)cc1.[C-]#[N+]c1ccc(Br)cc1. The van der Waals surface area contributed by atoms with E-state index in [4.69, 9.17) is 17.9 Å². The van der Waals surface area contributed by atoms with E-state index in [1.54, 1.807) is 19.2 Å². The fourth-order valence-electron chi connectivity index (χ4n) is 2.66. The predicted molar refractivity (Wildman–Crippen MR) is 141 cm³/mol. The van der Waals surface area contributed by atoms with Gasteiger partial charge in [0.2, 0.25) is 0 Å². The first-order valence-electron chi connectivity index (χ1n) is 10.2. The van der Waals surface area contributed by atoms with Crippen LogP contribution in [0.5, 0.6) is 5.75 Å². The second-order valence-electron chi connectivity index (χ2n) is 7.13. The summed E-state index contributed by atoms with van der Waals surface area (Å²) < 4.78 is 6.11. The quantitative estimate of drug-likeness (QED) is 0.253. The van der Waals surface area contributed by atoms with E-state index in [1.807, 2.05) is 60.7 Å². The molecule has 4 heteroatoms. The average Bonchev–Trinajstić information content (AvgIpc) is 2.87. The third kappa shape index (κ3) is 9.03. The normalized spacial score (nSPS) is 9.15. The summed E-state index contributed by atoms with van der Waals surface area (Å²) in [6, 6.07) is 31.2. The van der Waals surface area contributed by atoms with E-state index in [2.05, 4.69) is 63.7 Å². The van der Waals surface area contributed by atoms with Crippen LogP contribution in [0.1, 0.15) is 11.1 Å². The first-order chi connectivity index (χ1) is 15.9. The molecule has 0 aliphatic carbocycles. The van der Waals surface area contributed by atoms with Crippen LogP contribution in [0.25, 0.3) is 20.8 Å². The van der Waals surface area contributed by atoms with Gasteiger partial charge >= 0.3 is 0 Å². The summed E-state index contributed by atoms with van der Waals surface area (Å²) in [4.78, 5) is 6.60. The maximum absolute atomic E-state index is 6.88. The molecule has 0 aliphatic heterocycles. The van der Waals surface area contributed by atoms with Gasteiger partial charge in [0.15, 0.2) is 11.4 Å². The summed E-state index contributed by atoms with van der Waals surface area (Å²) in [6.45, 7) is 17.7. The highest BCUT2D eigenvalue weighted by atomic mass is 79.9. The van der Waals surface area contributed by atoms with Gasteiger partial charge in [0.05, 0.1) is 20.3 Å². The van der Waals surface area contributed by atoms with Crippen molar-refractivity contribution >= 4 is 27.3 Å². The minimum Gasteiger partial charge on any atom is -0.497 e. The zero-order chi connectivity index (χ0) is 24.1. The molecule has 4 aromatic carbocycles. The van der Waals surface area contributed by atoms with Crippen LogP contribution in [0.2, 0.25) is 0 Å². The van der Waals surface area contributed by atoms with Gasteiger partial charge in [-0.05, 0) is 37.1 Å². The lowest BCUT2D eigenvalue weighted by molar-refractivity contribution is 0.415. The zero-order valence-electron chi connectivity index (χ0n) is 18.9. The van der Waals surface area contributed by atoms with Gasteiger partial charge in [0.1, 0.15) is 5.75 Å². The predicted octanol–water partition coefficient (Wildman–Crippen LogP) is 9.22. The third-order valence-corrected chi connectivity index (χ3v) is 5.12. The number of nitrogens with zero attached hydrogens (tertiary/aromatic N) is 2. The molecule has 4 rings (SSSR count). The van der Waals surface area contributed by atoms with Gasteiger partial charge in [-0.3, -0.25) is 0 Å². The number of hydrogen-bond acceptors (Lipinski definition) is 1. The second-order valence-corrected chi connectivity index (χ2v) is 8.05. The Morgan fingerprint density at radius 2 is 0.939 bits per heavy atom. The van der Waals surface area contributed by atoms with Gasteiger partial charge in [-0.2, -0.15) is 0 Å². The van der Waals surface area contributed by atoms with Crippen LogP contribution in [0.3, 0.4) is 0 Å². The third-order valence-electron chi connectivity index (χ3n) is 4.59. The molecule has 3 nitrogen and oxygen atoms in total. The Morgan fingerprint density at radius 1 is 0.576 bits per heavy atom. The Kier molecular flexibility index (Phi) is 10.4. The van der Waals surface area contributed by atoms with Crippen molar-refractivity contribution in [1.29, 1.82) is 0 Å². The van der Waals surface area contributed by atoms with Crippen molar-refractivity contribution in [3.63, 3.8) is 0 Å². The van der Waals surface area contributed by atoms with Crippen molar-refractivity contribution in [3.8, 4) is 16.9 Å². The topological polar surface area (TPSA) is 17.9 Å². The maximum atomic E-state index is 6.88. The number of halogens is 1. The molecule has 0 saturated carbocycles. The van der Waals surface area contributed by atoms with Crippen LogP contribution < -0.4 is 4.74 Å². The van der Waals surface area contributed by atoms with Crippen molar-refractivity contribution in [1.82, 2.24) is 0 Å². The van der Waals surface area contributed by atoms with E-state index in [-0.39, 0.29) is 0 Å². The highest BCUT2D eigenvalue weighted by molar-refractivity contribution is 9.10. The molecular weight excluding hydrogens is 472 g/mol. The van der Waals surface area contributed by atoms with Gasteiger partial charge in [-0.25, -0.2) is 9.69 Å². The van der Waals surface area contributed by atoms with Crippen LogP contribution in [0.15, 0.2) is 102 Å². The summed E-state index contributed by atoms with van der Waals surface area (Å²) >= 11 is 3.27. The summed E-state index contributed by atoms with van der Waals surface area (Å²) in [7, 11) is 1.65. The Bertz CT molecular complexity index is 1180. The van der Waals surface area contributed by atoms with E-state index in [0.29, 0.717) is 11.4 Å². The molecule has 164 valence electrons. The Morgan fingerprint density at radius 3 is 1.30 bits per heavy atom. The average molecular weight is 497 g/mol. The number of methoxy groups -OCH3 is 1. The smallest absolute Gasteiger partial charge is 0.187 e. The van der Waals surface area contributed by atoms with Gasteiger partial charge in [-0.1, -0.05) is 112 Å². The van der Waals surface area contributed by atoms with E-state index >= 15 is 0 Å². The number of benzene rings is 4. The summed E-state index contributed by atoms with van der Waals surface area (Å²) in [5.74, 6) is 0.849. The minimum absolute atomic E-state index is 0.664. The van der Waals surface area contributed by atoms with Crippen molar-refractivity contribution < 1.29 is 4.74 Å². The van der Waals surface area contributed by atoms with E-state index in [9.17, 15) is 0 Å². The fourth-order valence-corrected chi connectivity index (χ4v) is 2.93. The van der Waals surface area contributed by atoms with E-state index < -0.39 is 0 Å². The van der Waals surface area contributed by atoms with Crippen molar-refractivity contribution in [3.05, 3.63) is 135 Å². The second kappa shape index (κ2) is 13.5. The van der Waals surface area contributed by atoms with Crippen molar-refractivity contribution in [2.75, 3.05) is 7.11 Å². The molecule has 0 heterocycles. The largest absolute Gasteiger partial charge is 0.497 e. The Hall–Kier alpha value is -3.86. The fraction of sp³-hybridized carbons (Fsp3) is 0.103. The minimum atomic E-state index is 0.664. The molecule has 0 radical (unpaired) electrons. The monoisotopic (exact) mass is 496 g/mol. The molecule has 0 aromatic heterocycles. The Balaban J connectivity index is 0.000000192. The highest BCUT2D eigenvalue weighted by Crippen LogP contribution is 2.24. The van der Waals surface area contributed by atoms with Gasteiger partial charge in [0.25, 0.3) is 0 Å². The molecule has 0 saturated heterocycles. The molecule has 0 N–H and O–H groups in total. The lowest BCUT2D eigenvalue weighted by atomic mass is 10.1. The van der Waals surface area contributed by atoms with Crippen LogP contribution in [0, 0.1) is 27.0 Å². The summed E-state index contributed by atoms with van der Waals surface area (Å²) in [5.41, 5.74) is 6.23.